The Morgan fingerprint density at radius 2 is 1.44 bits per heavy atom. The number of benzene rings is 1. The molecule has 184 valence electrons. The lowest BCUT2D eigenvalue weighted by atomic mass is 10.0. The van der Waals surface area contributed by atoms with E-state index in [4.69, 9.17) is 4.74 Å². The van der Waals surface area contributed by atoms with Gasteiger partial charge in [-0.2, -0.15) is 11.8 Å². The molecule has 0 aliphatic heterocycles. The van der Waals surface area contributed by atoms with Gasteiger partial charge in [0.05, 0.1) is 7.11 Å². The maximum absolute atomic E-state index is 12.0. The molecule has 1 aromatic carbocycles. The minimum atomic E-state index is 0.0745. The monoisotopic (exact) mass is 465 g/mol. The van der Waals surface area contributed by atoms with Crippen molar-refractivity contribution in [1.82, 2.24) is 5.32 Å². The van der Waals surface area contributed by atoms with E-state index in [-0.39, 0.29) is 11.7 Å². The number of carbonyl (C=O) groups is 1. The number of unbranched alkanes of at least 4 members (excludes halogenated alkanes) is 13. The molecule has 0 atom stereocenters. The Balaban J connectivity index is 1.84. The second kappa shape index (κ2) is 20.3. The fraction of sp³-hybridized carbons (Fsp3) is 0.741. The van der Waals surface area contributed by atoms with E-state index in [2.05, 4.69) is 12.2 Å². The van der Waals surface area contributed by atoms with Crippen molar-refractivity contribution in [2.75, 3.05) is 18.6 Å². The molecule has 4 nitrogen and oxygen atoms in total. The van der Waals surface area contributed by atoms with Crippen LogP contribution in [0.15, 0.2) is 18.2 Å². The third kappa shape index (κ3) is 15.4. The van der Waals surface area contributed by atoms with Gasteiger partial charge in [0, 0.05) is 18.7 Å². The van der Waals surface area contributed by atoms with Crippen molar-refractivity contribution in [2.45, 2.75) is 110 Å². The zero-order valence-electron chi connectivity index (χ0n) is 20.6. The van der Waals surface area contributed by atoms with Gasteiger partial charge in [0.2, 0.25) is 5.91 Å². The summed E-state index contributed by atoms with van der Waals surface area (Å²) in [5.41, 5.74) is 0.920. The van der Waals surface area contributed by atoms with Crippen LogP contribution in [0.25, 0.3) is 0 Å². The predicted octanol–water partition coefficient (Wildman–Crippen LogP) is 7.62. The van der Waals surface area contributed by atoms with Crippen molar-refractivity contribution < 1.29 is 14.6 Å². The van der Waals surface area contributed by atoms with E-state index in [0.717, 1.165) is 17.1 Å². The number of aromatic hydroxyl groups is 1. The van der Waals surface area contributed by atoms with Crippen LogP contribution in [-0.2, 0) is 11.3 Å². The third-order valence-corrected chi connectivity index (χ3v) is 6.92. The van der Waals surface area contributed by atoms with Crippen LogP contribution < -0.4 is 10.1 Å². The lowest BCUT2D eigenvalue weighted by Gasteiger charge is -2.08. The number of carbonyl (C=O) groups excluding carboxylic acids is 1. The van der Waals surface area contributed by atoms with Crippen molar-refractivity contribution in [3.8, 4) is 11.5 Å². The van der Waals surface area contributed by atoms with Gasteiger partial charge in [0.15, 0.2) is 11.5 Å². The SMILES string of the molecule is CCCCCCCCCCCCCCCCSCCC(=O)NCc1ccc(O)c(OC)c1. The Kier molecular flexibility index (Phi) is 18.2. The molecule has 0 aromatic heterocycles. The molecule has 0 bridgehead atoms. The maximum Gasteiger partial charge on any atom is 0.221 e. The molecule has 0 aliphatic rings. The smallest absolute Gasteiger partial charge is 0.221 e. The van der Waals surface area contributed by atoms with E-state index in [9.17, 15) is 9.90 Å². The van der Waals surface area contributed by atoms with Crippen molar-refractivity contribution in [3.63, 3.8) is 0 Å². The Labute approximate surface area is 201 Å². The molecule has 32 heavy (non-hydrogen) atoms. The molecule has 0 saturated heterocycles. The normalized spacial score (nSPS) is 10.9. The van der Waals surface area contributed by atoms with E-state index >= 15 is 0 Å². The third-order valence-electron chi connectivity index (χ3n) is 5.85. The van der Waals surface area contributed by atoms with Crippen LogP contribution in [-0.4, -0.2) is 29.6 Å². The van der Waals surface area contributed by atoms with Gasteiger partial charge in [0.25, 0.3) is 0 Å². The summed E-state index contributed by atoms with van der Waals surface area (Å²) in [6.45, 7) is 2.74. The number of nitrogens with one attached hydrogen (secondary N) is 1. The minimum absolute atomic E-state index is 0.0745. The Morgan fingerprint density at radius 1 is 0.875 bits per heavy atom. The average Bonchev–Trinajstić information content (AvgIpc) is 2.80. The fourth-order valence-electron chi connectivity index (χ4n) is 3.79. The molecule has 0 heterocycles. The fourth-order valence-corrected chi connectivity index (χ4v) is 4.73. The van der Waals surface area contributed by atoms with E-state index in [0.29, 0.717) is 18.7 Å². The Hall–Kier alpha value is -1.36. The van der Waals surface area contributed by atoms with Crippen LogP contribution in [0.2, 0.25) is 0 Å². The molecular weight excluding hydrogens is 418 g/mol. The highest BCUT2D eigenvalue weighted by Gasteiger charge is 2.05. The van der Waals surface area contributed by atoms with E-state index in [1.165, 1.54) is 97.0 Å². The highest BCUT2D eigenvalue weighted by atomic mass is 32.2. The van der Waals surface area contributed by atoms with E-state index in [1.807, 2.05) is 11.8 Å². The summed E-state index contributed by atoms with van der Waals surface area (Å²) in [4.78, 5) is 12.0. The van der Waals surface area contributed by atoms with Crippen LogP contribution in [0.3, 0.4) is 0 Å². The molecule has 0 fully saturated rings. The highest BCUT2D eigenvalue weighted by molar-refractivity contribution is 7.99. The largest absolute Gasteiger partial charge is 0.504 e. The van der Waals surface area contributed by atoms with Crippen LogP contribution in [0.5, 0.6) is 11.5 Å². The number of methoxy groups -OCH3 is 1. The lowest BCUT2D eigenvalue weighted by Crippen LogP contribution is -2.23. The summed E-state index contributed by atoms with van der Waals surface area (Å²) >= 11 is 1.88. The molecule has 5 heteroatoms. The first kappa shape index (κ1) is 28.7. The summed E-state index contributed by atoms with van der Waals surface area (Å²) in [7, 11) is 1.52. The van der Waals surface area contributed by atoms with Gasteiger partial charge in [-0.1, -0.05) is 96.5 Å². The Morgan fingerprint density at radius 3 is 2.00 bits per heavy atom. The second-order valence-corrected chi connectivity index (χ2v) is 9.97. The quantitative estimate of drug-likeness (QED) is 0.183. The number of rotatable bonds is 21. The summed E-state index contributed by atoms with van der Waals surface area (Å²) in [6, 6.07) is 5.13. The van der Waals surface area contributed by atoms with Crippen LogP contribution in [0.4, 0.5) is 0 Å². The first-order valence-electron chi connectivity index (χ1n) is 12.9. The van der Waals surface area contributed by atoms with Crippen LogP contribution in [0.1, 0.15) is 109 Å². The van der Waals surface area contributed by atoms with E-state index in [1.54, 1.807) is 18.2 Å². The second-order valence-electron chi connectivity index (χ2n) is 8.74. The standard InChI is InChI=1S/C27H47NO3S/c1-3-4-5-6-7-8-9-10-11-12-13-14-15-16-20-32-21-19-27(30)28-23-24-17-18-25(29)26(22-24)31-2/h17-18,22,29H,3-16,19-21,23H2,1-2H3,(H,28,30). The van der Waals surface area contributed by atoms with Crippen molar-refractivity contribution in [1.29, 1.82) is 0 Å². The van der Waals surface area contributed by atoms with Gasteiger partial charge in [-0.05, 0) is 29.9 Å². The average molecular weight is 466 g/mol. The molecule has 0 aliphatic carbocycles. The molecular formula is C27H47NO3S. The lowest BCUT2D eigenvalue weighted by molar-refractivity contribution is -0.120. The van der Waals surface area contributed by atoms with Crippen molar-refractivity contribution >= 4 is 17.7 Å². The molecule has 0 saturated carbocycles. The summed E-state index contributed by atoms with van der Waals surface area (Å²) in [6.07, 6.45) is 20.0. The van der Waals surface area contributed by atoms with Crippen molar-refractivity contribution in [3.05, 3.63) is 23.8 Å². The number of ether oxygens (including phenoxy) is 1. The topological polar surface area (TPSA) is 58.6 Å². The zero-order chi connectivity index (χ0) is 23.3. The molecule has 1 aromatic rings. The van der Waals surface area contributed by atoms with Crippen LogP contribution >= 0.6 is 11.8 Å². The number of amides is 1. The van der Waals surface area contributed by atoms with Crippen molar-refractivity contribution in [2.24, 2.45) is 0 Å². The number of hydrogen-bond acceptors (Lipinski definition) is 4. The number of hydrogen-bond donors (Lipinski definition) is 2. The molecule has 0 radical (unpaired) electrons. The predicted molar refractivity (Wildman–Crippen MR) is 139 cm³/mol. The molecule has 0 unspecified atom stereocenters. The van der Waals surface area contributed by atoms with E-state index < -0.39 is 0 Å². The van der Waals surface area contributed by atoms with Crippen LogP contribution in [0, 0.1) is 0 Å². The maximum atomic E-state index is 12.0. The Bertz CT molecular complexity index is 594. The minimum Gasteiger partial charge on any atom is -0.504 e. The summed E-state index contributed by atoms with van der Waals surface area (Å²) in [5.74, 6) is 2.65. The highest BCUT2D eigenvalue weighted by Crippen LogP contribution is 2.26. The molecule has 1 amide bonds. The number of thioether (sulfide) groups is 1. The van der Waals surface area contributed by atoms with Gasteiger partial charge >= 0.3 is 0 Å². The van der Waals surface area contributed by atoms with Gasteiger partial charge in [-0.15, -0.1) is 0 Å². The zero-order valence-corrected chi connectivity index (χ0v) is 21.4. The van der Waals surface area contributed by atoms with Gasteiger partial charge in [-0.25, -0.2) is 0 Å². The molecule has 2 N–H and O–H groups in total. The van der Waals surface area contributed by atoms with Gasteiger partial charge in [0.1, 0.15) is 0 Å². The summed E-state index contributed by atoms with van der Waals surface area (Å²) < 4.78 is 5.09. The van der Waals surface area contributed by atoms with Gasteiger partial charge < -0.3 is 15.2 Å². The first-order chi connectivity index (χ1) is 15.7. The number of phenolic OH excluding ortho intramolecular Hbond substituents is 1. The molecule has 1 rings (SSSR count). The summed E-state index contributed by atoms with van der Waals surface area (Å²) in [5, 5.41) is 12.5. The van der Waals surface area contributed by atoms with Gasteiger partial charge in [-0.3, -0.25) is 4.79 Å². The first-order valence-corrected chi connectivity index (χ1v) is 14.0. The number of phenols is 1. The molecule has 0 spiro atoms.